The van der Waals surface area contributed by atoms with Crippen LogP contribution in [0.4, 0.5) is 11.4 Å². The minimum Gasteiger partial charge on any atom is -0.497 e. The Bertz CT molecular complexity index is 1260. The number of aliphatic hydroxyl groups excluding tert-OH is 1. The molecule has 1 heterocycles. The van der Waals surface area contributed by atoms with Crippen LogP contribution >= 0.6 is 11.3 Å². The quantitative estimate of drug-likeness (QED) is 0.315. The highest BCUT2D eigenvalue weighted by molar-refractivity contribution is 7.07. The molecule has 0 aliphatic heterocycles. The van der Waals surface area contributed by atoms with Gasteiger partial charge in [0.05, 0.1) is 36.1 Å². The predicted molar refractivity (Wildman–Crippen MR) is 124 cm³/mol. The van der Waals surface area contributed by atoms with Crippen molar-refractivity contribution >= 4 is 22.7 Å². The molecule has 162 valence electrons. The summed E-state index contributed by atoms with van der Waals surface area (Å²) in [6, 6.07) is 23.3. The number of nitro groups is 1. The Balaban J connectivity index is 1.74. The molecular weight excluding hydrogens is 426 g/mol. The molecule has 1 aromatic heterocycles. The smallest absolute Gasteiger partial charge is 0.269 e. The summed E-state index contributed by atoms with van der Waals surface area (Å²) in [6.07, 6.45) is -0.864. The first-order chi connectivity index (χ1) is 15.5. The second-order valence-electron chi connectivity index (χ2n) is 7.05. The fourth-order valence-corrected chi connectivity index (χ4v) is 4.24. The first kappa shape index (κ1) is 21.5. The molecule has 0 fully saturated rings. The van der Waals surface area contributed by atoms with Gasteiger partial charge in [0.15, 0.2) is 4.80 Å². The second kappa shape index (κ2) is 9.59. The maximum Gasteiger partial charge on any atom is 0.269 e. The van der Waals surface area contributed by atoms with Crippen molar-refractivity contribution in [2.75, 3.05) is 7.11 Å². The lowest BCUT2D eigenvalue weighted by molar-refractivity contribution is -0.384. The lowest BCUT2D eigenvalue weighted by atomic mass is 10.1. The molecule has 0 aliphatic carbocycles. The number of rotatable bonds is 7. The first-order valence-corrected chi connectivity index (χ1v) is 10.8. The van der Waals surface area contributed by atoms with Crippen LogP contribution in [0, 0.1) is 10.1 Å². The van der Waals surface area contributed by atoms with Gasteiger partial charge in [0.2, 0.25) is 0 Å². The van der Waals surface area contributed by atoms with Gasteiger partial charge in [-0.2, -0.15) is 0 Å². The number of benzene rings is 3. The van der Waals surface area contributed by atoms with E-state index in [0.717, 1.165) is 27.5 Å². The van der Waals surface area contributed by atoms with Crippen LogP contribution in [0.2, 0.25) is 0 Å². The Labute approximate surface area is 188 Å². The molecule has 0 aliphatic rings. The molecule has 32 heavy (non-hydrogen) atoms. The molecule has 4 aromatic rings. The summed E-state index contributed by atoms with van der Waals surface area (Å²) in [5.74, 6) is 0.760. The standard InChI is InChI=1S/C24H21N3O4S/c1-31-21-13-9-17(10-14-21)22-16-32-24(25-19-5-3-2-4-6-19)26(22)15-23(28)18-7-11-20(12-8-18)27(29)30/h2-14,16,23,28H,15H2,1H3/t23-/m1/s1. The zero-order chi connectivity index (χ0) is 22.5. The van der Waals surface area contributed by atoms with Crippen LogP contribution in [-0.2, 0) is 6.54 Å². The Morgan fingerprint density at radius 2 is 1.75 bits per heavy atom. The highest BCUT2D eigenvalue weighted by Gasteiger charge is 2.16. The van der Waals surface area contributed by atoms with Crippen LogP contribution < -0.4 is 9.54 Å². The third-order valence-electron chi connectivity index (χ3n) is 5.01. The minimum atomic E-state index is -0.864. The van der Waals surface area contributed by atoms with Gasteiger partial charge in [-0.3, -0.25) is 10.1 Å². The Morgan fingerprint density at radius 3 is 2.38 bits per heavy atom. The number of thiazole rings is 1. The third kappa shape index (κ3) is 4.77. The van der Waals surface area contributed by atoms with E-state index >= 15 is 0 Å². The zero-order valence-corrected chi connectivity index (χ0v) is 18.1. The molecule has 0 radical (unpaired) electrons. The van der Waals surface area contributed by atoms with Gasteiger partial charge in [-0.15, -0.1) is 11.3 Å². The van der Waals surface area contributed by atoms with Gasteiger partial charge in [0.1, 0.15) is 5.75 Å². The number of aliphatic hydroxyl groups is 1. The van der Waals surface area contributed by atoms with Gasteiger partial charge in [-0.25, -0.2) is 4.99 Å². The van der Waals surface area contributed by atoms with Crippen molar-refractivity contribution in [3.8, 4) is 17.0 Å². The molecule has 0 spiro atoms. The minimum absolute atomic E-state index is 0.0113. The van der Waals surface area contributed by atoms with Crippen molar-refractivity contribution in [1.82, 2.24) is 4.57 Å². The van der Waals surface area contributed by atoms with Crippen molar-refractivity contribution < 1.29 is 14.8 Å². The molecular formula is C24H21N3O4S. The SMILES string of the molecule is COc1ccc(-c2csc(=Nc3ccccc3)n2C[C@@H](O)c2ccc([N+](=O)[O-])cc2)cc1. The number of methoxy groups -OCH3 is 1. The summed E-state index contributed by atoms with van der Waals surface area (Å²) in [7, 11) is 1.62. The van der Waals surface area contributed by atoms with E-state index in [1.165, 1.54) is 23.5 Å². The second-order valence-corrected chi connectivity index (χ2v) is 7.89. The van der Waals surface area contributed by atoms with Gasteiger partial charge < -0.3 is 14.4 Å². The topological polar surface area (TPSA) is 89.9 Å². The van der Waals surface area contributed by atoms with Gasteiger partial charge in [0, 0.05) is 17.5 Å². The number of para-hydroxylation sites is 1. The molecule has 0 unspecified atom stereocenters. The molecule has 7 nitrogen and oxygen atoms in total. The average molecular weight is 448 g/mol. The van der Waals surface area contributed by atoms with Crippen LogP contribution in [0.15, 0.2) is 89.2 Å². The van der Waals surface area contributed by atoms with Gasteiger partial charge in [-0.1, -0.05) is 18.2 Å². The molecule has 4 rings (SSSR count). The lowest BCUT2D eigenvalue weighted by Crippen LogP contribution is -2.20. The normalized spacial score (nSPS) is 12.5. The van der Waals surface area contributed by atoms with Crippen LogP contribution in [-0.4, -0.2) is 21.7 Å². The predicted octanol–water partition coefficient (Wildman–Crippen LogP) is 5.10. The van der Waals surface area contributed by atoms with Crippen LogP contribution in [0.5, 0.6) is 5.75 Å². The van der Waals surface area contributed by atoms with Gasteiger partial charge >= 0.3 is 0 Å². The number of nitro benzene ring substituents is 1. The third-order valence-corrected chi connectivity index (χ3v) is 5.87. The number of hydrogen-bond donors (Lipinski definition) is 1. The van der Waals surface area contributed by atoms with E-state index in [1.807, 2.05) is 64.5 Å². The fraction of sp³-hybridized carbons (Fsp3) is 0.125. The molecule has 0 amide bonds. The van der Waals surface area contributed by atoms with Crippen molar-refractivity contribution in [2.24, 2.45) is 4.99 Å². The molecule has 0 bridgehead atoms. The summed E-state index contributed by atoms with van der Waals surface area (Å²) in [6.45, 7) is 0.244. The van der Waals surface area contributed by atoms with E-state index in [2.05, 4.69) is 0 Å². The number of aromatic nitrogens is 1. The van der Waals surface area contributed by atoms with Crippen molar-refractivity contribution in [3.05, 3.63) is 105 Å². The van der Waals surface area contributed by atoms with Gasteiger partial charge in [-0.05, 0) is 59.7 Å². The van der Waals surface area contributed by atoms with Crippen molar-refractivity contribution in [1.29, 1.82) is 0 Å². The summed E-state index contributed by atoms with van der Waals surface area (Å²) >= 11 is 1.48. The largest absolute Gasteiger partial charge is 0.497 e. The Kier molecular flexibility index (Phi) is 6.44. The maximum absolute atomic E-state index is 10.9. The highest BCUT2D eigenvalue weighted by atomic mass is 32.1. The molecule has 3 aromatic carbocycles. The number of nitrogens with zero attached hydrogens (tertiary/aromatic N) is 3. The molecule has 1 atom stereocenters. The first-order valence-electron chi connectivity index (χ1n) is 9.90. The fourth-order valence-electron chi connectivity index (χ4n) is 3.30. The van der Waals surface area contributed by atoms with E-state index in [0.29, 0.717) is 5.56 Å². The summed E-state index contributed by atoms with van der Waals surface area (Å²) in [5, 5.41) is 23.8. The molecule has 1 N–H and O–H groups in total. The average Bonchev–Trinajstić information content (AvgIpc) is 3.21. The van der Waals surface area contributed by atoms with E-state index in [4.69, 9.17) is 9.73 Å². The number of non-ortho nitro benzene ring substituents is 1. The maximum atomic E-state index is 10.9. The van der Waals surface area contributed by atoms with Crippen molar-refractivity contribution in [3.63, 3.8) is 0 Å². The lowest BCUT2D eigenvalue weighted by Gasteiger charge is -2.15. The van der Waals surface area contributed by atoms with E-state index in [-0.39, 0.29) is 12.2 Å². The van der Waals surface area contributed by atoms with E-state index in [1.54, 1.807) is 19.2 Å². The van der Waals surface area contributed by atoms with Crippen LogP contribution in [0.25, 0.3) is 11.3 Å². The molecule has 0 saturated heterocycles. The van der Waals surface area contributed by atoms with Crippen LogP contribution in [0.3, 0.4) is 0 Å². The van der Waals surface area contributed by atoms with Gasteiger partial charge in [0.25, 0.3) is 5.69 Å². The highest BCUT2D eigenvalue weighted by Crippen LogP contribution is 2.26. The molecule has 0 saturated carbocycles. The number of hydrogen-bond acceptors (Lipinski definition) is 6. The Morgan fingerprint density at radius 1 is 1.06 bits per heavy atom. The monoisotopic (exact) mass is 447 g/mol. The van der Waals surface area contributed by atoms with Crippen LogP contribution in [0.1, 0.15) is 11.7 Å². The van der Waals surface area contributed by atoms with Crippen molar-refractivity contribution in [2.45, 2.75) is 12.6 Å². The summed E-state index contributed by atoms with van der Waals surface area (Å²) in [5.41, 5.74) is 3.28. The Hall–Kier alpha value is -3.75. The summed E-state index contributed by atoms with van der Waals surface area (Å²) in [4.78, 5) is 16.0. The zero-order valence-electron chi connectivity index (χ0n) is 17.3. The number of ether oxygens (including phenoxy) is 1. The molecule has 8 heteroatoms. The van der Waals surface area contributed by atoms with E-state index < -0.39 is 11.0 Å². The summed E-state index contributed by atoms with van der Waals surface area (Å²) < 4.78 is 7.22. The van der Waals surface area contributed by atoms with E-state index in [9.17, 15) is 15.2 Å².